The lowest BCUT2D eigenvalue weighted by Gasteiger charge is -2.16. The molecule has 0 aliphatic heterocycles. The van der Waals surface area contributed by atoms with Crippen molar-refractivity contribution in [3.05, 3.63) is 54.1 Å². The van der Waals surface area contributed by atoms with Crippen molar-refractivity contribution in [3.8, 4) is 17.1 Å². The van der Waals surface area contributed by atoms with Crippen LogP contribution in [0, 0.1) is 6.92 Å². The van der Waals surface area contributed by atoms with Gasteiger partial charge >= 0.3 is 0 Å². The van der Waals surface area contributed by atoms with Gasteiger partial charge in [-0.2, -0.15) is 0 Å². The van der Waals surface area contributed by atoms with Gasteiger partial charge in [0.05, 0.1) is 25.4 Å². The molecule has 3 rings (SSSR count). The maximum atomic E-state index is 10.4. The van der Waals surface area contributed by atoms with Crippen molar-refractivity contribution in [3.63, 3.8) is 0 Å². The molecule has 0 amide bonds. The standard InChI is InChI=1S/C18H21N5O2/c1-13-8-9-17(25-2)16(10-13)19-11-15(24)12-23-18(20-21-22-23)14-6-4-3-5-7-14/h3-10,15,19,24H,11-12H2,1-2H3/t15-/m1/s1. The van der Waals surface area contributed by atoms with E-state index in [1.165, 1.54) is 0 Å². The minimum atomic E-state index is -0.656. The van der Waals surface area contributed by atoms with Crippen LogP contribution in [0.4, 0.5) is 5.69 Å². The second-order valence-electron chi connectivity index (χ2n) is 5.79. The molecule has 1 aromatic heterocycles. The predicted octanol–water partition coefficient (Wildman–Crippen LogP) is 2.13. The molecular formula is C18H21N5O2. The van der Waals surface area contributed by atoms with Crippen molar-refractivity contribution in [2.24, 2.45) is 0 Å². The van der Waals surface area contributed by atoms with Crippen molar-refractivity contribution in [1.29, 1.82) is 0 Å². The highest BCUT2D eigenvalue weighted by atomic mass is 16.5. The molecule has 2 aromatic carbocycles. The summed E-state index contributed by atoms with van der Waals surface area (Å²) in [5.74, 6) is 1.37. The van der Waals surface area contributed by atoms with Gasteiger partial charge in [-0.25, -0.2) is 4.68 Å². The molecule has 0 radical (unpaired) electrons. The lowest BCUT2D eigenvalue weighted by Crippen LogP contribution is -2.26. The zero-order valence-electron chi connectivity index (χ0n) is 14.3. The SMILES string of the molecule is COc1ccc(C)cc1NC[C@@H](O)Cn1nnnc1-c1ccccc1. The van der Waals surface area contributed by atoms with Crippen LogP contribution >= 0.6 is 0 Å². The lowest BCUT2D eigenvalue weighted by molar-refractivity contribution is 0.161. The number of benzene rings is 2. The molecule has 0 unspecified atom stereocenters. The van der Waals surface area contributed by atoms with Crippen LogP contribution in [0.3, 0.4) is 0 Å². The minimum absolute atomic E-state index is 0.290. The van der Waals surface area contributed by atoms with E-state index in [0.717, 1.165) is 22.6 Å². The molecule has 3 aromatic rings. The minimum Gasteiger partial charge on any atom is -0.495 e. The molecule has 0 spiro atoms. The van der Waals surface area contributed by atoms with E-state index in [1.54, 1.807) is 11.8 Å². The number of aromatic nitrogens is 4. The number of nitrogens with one attached hydrogen (secondary N) is 1. The van der Waals surface area contributed by atoms with Crippen LogP contribution in [0.15, 0.2) is 48.5 Å². The number of ether oxygens (including phenoxy) is 1. The Hall–Kier alpha value is -2.93. The molecule has 1 heterocycles. The topological polar surface area (TPSA) is 85.1 Å². The first-order valence-electron chi connectivity index (χ1n) is 8.05. The molecule has 0 aliphatic rings. The van der Waals surface area contributed by atoms with Gasteiger partial charge in [0.25, 0.3) is 0 Å². The van der Waals surface area contributed by atoms with Crippen molar-refractivity contribution in [1.82, 2.24) is 20.2 Å². The second-order valence-corrected chi connectivity index (χ2v) is 5.79. The number of aliphatic hydroxyl groups excluding tert-OH is 1. The number of aliphatic hydroxyl groups is 1. The second kappa shape index (κ2) is 7.76. The first kappa shape index (κ1) is 16.9. The van der Waals surface area contributed by atoms with Crippen LogP contribution in [0.2, 0.25) is 0 Å². The van der Waals surface area contributed by atoms with E-state index in [-0.39, 0.29) is 0 Å². The Bertz CT molecular complexity index is 819. The van der Waals surface area contributed by atoms with Gasteiger partial charge in [0.2, 0.25) is 0 Å². The van der Waals surface area contributed by atoms with Crippen LogP contribution in [-0.4, -0.2) is 45.1 Å². The summed E-state index contributed by atoms with van der Waals surface area (Å²) in [4.78, 5) is 0. The highest BCUT2D eigenvalue weighted by Gasteiger charge is 2.13. The number of tetrazole rings is 1. The average Bonchev–Trinajstić information content (AvgIpc) is 3.09. The van der Waals surface area contributed by atoms with Gasteiger partial charge in [0.15, 0.2) is 5.82 Å². The van der Waals surface area contributed by atoms with E-state index in [1.807, 2.05) is 55.5 Å². The van der Waals surface area contributed by atoms with E-state index in [0.29, 0.717) is 18.9 Å². The number of aryl methyl sites for hydroxylation is 1. The fourth-order valence-electron chi connectivity index (χ4n) is 2.57. The maximum absolute atomic E-state index is 10.4. The molecule has 0 aliphatic carbocycles. The van der Waals surface area contributed by atoms with Gasteiger partial charge in [-0.05, 0) is 35.0 Å². The highest BCUT2D eigenvalue weighted by molar-refractivity contribution is 5.58. The molecule has 25 heavy (non-hydrogen) atoms. The molecule has 0 saturated heterocycles. The van der Waals surface area contributed by atoms with E-state index < -0.39 is 6.10 Å². The van der Waals surface area contributed by atoms with Crippen molar-refractivity contribution < 1.29 is 9.84 Å². The summed E-state index contributed by atoms with van der Waals surface area (Å²) in [6.45, 7) is 2.65. The molecular weight excluding hydrogens is 318 g/mol. The van der Waals surface area contributed by atoms with E-state index >= 15 is 0 Å². The van der Waals surface area contributed by atoms with E-state index in [9.17, 15) is 5.11 Å². The van der Waals surface area contributed by atoms with Crippen LogP contribution in [0.5, 0.6) is 5.75 Å². The van der Waals surface area contributed by atoms with Crippen LogP contribution < -0.4 is 10.1 Å². The number of nitrogens with zero attached hydrogens (tertiary/aromatic N) is 4. The average molecular weight is 339 g/mol. The Morgan fingerprint density at radius 1 is 1.20 bits per heavy atom. The molecule has 7 heteroatoms. The zero-order chi connectivity index (χ0) is 17.6. The molecule has 0 saturated carbocycles. The fraction of sp³-hybridized carbons (Fsp3) is 0.278. The molecule has 130 valence electrons. The Morgan fingerprint density at radius 2 is 2.00 bits per heavy atom. The number of hydrogen-bond acceptors (Lipinski definition) is 6. The smallest absolute Gasteiger partial charge is 0.182 e. The Kier molecular flexibility index (Phi) is 5.25. The van der Waals surface area contributed by atoms with Crippen LogP contribution in [-0.2, 0) is 6.54 Å². The van der Waals surface area contributed by atoms with Gasteiger partial charge in [-0.15, -0.1) is 5.10 Å². The maximum Gasteiger partial charge on any atom is 0.182 e. The number of rotatable bonds is 7. The summed E-state index contributed by atoms with van der Waals surface area (Å²) in [5, 5.41) is 25.3. The van der Waals surface area contributed by atoms with Gasteiger partial charge in [-0.1, -0.05) is 36.4 Å². The number of anilines is 1. The van der Waals surface area contributed by atoms with Gasteiger partial charge < -0.3 is 15.2 Å². The Labute approximate surface area is 146 Å². The summed E-state index contributed by atoms with van der Waals surface area (Å²) in [6, 6.07) is 15.5. The summed E-state index contributed by atoms with van der Waals surface area (Å²) in [7, 11) is 1.62. The van der Waals surface area contributed by atoms with Gasteiger partial charge in [0, 0.05) is 12.1 Å². The first-order valence-corrected chi connectivity index (χ1v) is 8.05. The summed E-state index contributed by atoms with van der Waals surface area (Å²) in [6.07, 6.45) is -0.656. The Morgan fingerprint density at radius 3 is 2.76 bits per heavy atom. The Balaban J connectivity index is 1.65. The quantitative estimate of drug-likeness (QED) is 0.686. The zero-order valence-corrected chi connectivity index (χ0v) is 14.3. The molecule has 7 nitrogen and oxygen atoms in total. The predicted molar refractivity (Wildman–Crippen MR) is 95.5 cm³/mol. The lowest BCUT2D eigenvalue weighted by atomic mass is 10.2. The first-order chi connectivity index (χ1) is 12.2. The summed E-state index contributed by atoms with van der Waals surface area (Å²) < 4.78 is 6.94. The van der Waals surface area contributed by atoms with E-state index in [2.05, 4.69) is 20.8 Å². The normalized spacial score (nSPS) is 12.0. The monoisotopic (exact) mass is 339 g/mol. The molecule has 0 fully saturated rings. The summed E-state index contributed by atoms with van der Waals surface area (Å²) in [5.41, 5.74) is 2.87. The van der Waals surface area contributed by atoms with Crippen molar-refractivity contribution >= 4 is 5.69 Å². The van der Waals surface area contributed by atoms with E-state index in [4.69, 9.17) is 4.74 Å². The highest BCUT2D eigenvalue weighted by Crippen LogP contribution is 2.25. The van der Waals surface area contributed by atoms with Crippen LogP contribution in [0.25, 0.3) is 11.4 Å². The number of hydrogen-bond donors (Lipinski definition) is 2. The number of methoxy groups -OCH3 is 1. The van der Waals surface area contributed by atoms with Gasteiger partial charge in [0.1, 0.15) is 5.75 Å². The molecule has 2 N–H and O–H groups in total. The third kappa shape index (κ3) is 4.13. The summed E-state index contributed by atoms with van der Waals surface area (Å²) >= 11 is 0. The third-order valence-corrected chi connectivity index (χ3v) is 3.83. The van der Waals surface area contributed by atoms with Gasteiger partial charge in [-0.3, -0.25) is 0 Å². The van der Waals surface area contributed by atoms with Crippen molar-refractivity contribution in [2.75, 3.05) is 19.0 Å². The molecule has 0 bridgehead atoms. The van der Waals surface area contributed by atoms with Crippen molar-refractivity contribution in [2.45, 2.75) is 19.6 Å². The largest absolute Gasteiger partial charge is 0.495 e. The third-order valence-electron chi connectivity index (χ3n) is 3.83. The molecule has 1 atom stereocenters. The van der Waals surface area contributed by atoms with Crippen LogP contribution in [0.1, 0.15) is 5.56 Å². The fourth-order valence-corrected chi connectivity index (χ4v) is 2.57.